The first-order valence-electron chi connectivity index (χ1n) is 16.4. The fraction of sp³-hybridized carbons (Fsp3) is 0.457. The average molecular weight is 716 g/mol. The molecule has 0 spiro atoms. The molecular formula is C35H35F6N7OS. The molecule has 2 bridgehead atoms. The largest absolute Gasteiger partial charge is 0.462 e. The third-order valence-electron chi connectivity index (χ3n) is 10.3. The van der Waals surface area contributed by atoms with E-state index in [2.05, 4.69) is 20.2 Å². The van der Waals surface area contributed by atoms with Crippen molar-refractivity contribution in [3.8, 4) is 23.2 Å². The lowest BCUT2D eigenvalue weighted by molar-refractivity contribution is -0.137. The predicted molar refractivity (Wildman–Crippen MR) is 181 cm³/mol. The van der Waals surface area contributed by atoms with E-state index >= 15 is 22.0 Å². The van der Waals surface area contributed by atoms with Crippen LogP contribution < -0.4 is 20.7 Å². The molecule has 0 unspecified atom stereocenters. The van der Waals surface area contributed by atoms with E-state index in [4.69, 9.17) is 10.5 Å². The van der Waals surface area contributed by atoms with Gasteiger partial charge in [-0.2, -0.15) is 28.4 Å². The maximum absolute atomic E-state index is 17.2. The molecule has 264 valence electrons. The van der Waals surface area contributed by atoms with Crippen LogP contribution in [0.4, 0.5) is 37.2 Å². The summed E-state index contributed by atoms with van der Waals surface area (Å²) in [6.07, 6.45) is -2.37. The lowest BCUT2D eigenvalue weighted by Gasteiger charge is -2.41. The second-order valence-corrected chi connectivity index (χ2v) is 14.8. The van der Waals surface area contributed by atoms with Crippen LogP contribution in [0.15, 0.2) is 24.0 Å². The third kappa shape index (κ3) is 5.71. The van der Waals surface area contributed by atoms with E-state index in [0.717, 1.165) is 36.8 Å². The van der Waals surface area contributed by atoms with Gasteiger partial charge in [-0.25, -0.2) is 13.2 Å². The molecule has 3 N–H and O–H groups in total. The SMILES string of the molecule is CCN1CC/C(=C\F)[C@](C)(COc2nc(N3C[C@H]4CC[C@@H](C3)N4)c3cc(C(F)(F)F)c(-c4c(F)c(C)cc5sc(N)c(C#N)c45)c(F)c3n2)C1. The summed E-state index contributed by atoms with van der Waals surface area (Å²) in [5.74, 6) is -2.50. The summed E-state index contributed by atoms with van der Waals surface area (Å²) < 4.78 is 98.9. The number of piperidine rings is 1. The van der Waals surface area contributed by atoms with E-state index in [-0.39, 0.29) is 62.1 Å². The molecule has 2 aromatic heterocycles. The Morgan fingerprint density at radius 2 is 1.88 bits per heavy atom. The summed E-state index contributed by atoms with van der Waals surface area (Å²) in [7, 11) is 0. The van der Waals surface area contributed by atoms with Crippen molar-refractivity contribution < 1.29 is 31.1 Å². The van der Waals surface area contributed by atoms with Crippen LogP contribution in [0, 0.1) is 35.3 Å². The number of aromatic nitrogens is 2. The van der Waals surface area contributed by atoms with E-state index in [1.54, 1.807) is 0 Å². The number of hydrogen-bond donors (Lipinski definition) is 2. The van der Waals surface area contributed by atoms with Crippen molar-refractivity contribution in [2.75, 3.05) is 50.0 Å². The van der Waals surface area contributed by atoms with Gasteiger partial charge in [-0.05, 0) is 56.0 Å². The van der Waals surface area contributed by atoms with Gasteiger partial charge in [0.2, 0.25) is 0 Å². The molecule has 0 radical (unpaired) electrons. The zero-order valence-corrected chi connectivity index (χ0v) is 28.5. The minimum Gasteiger partial charge on any atom is -0.462 e. The van der Waals surface area contributed by atoms with Gasteiger partial charge in [-0.15, -0.1) is 11.3 Å². The monoisotopic (exact) mass is 715 g/mol. The number of fused-ring (bicyclic) bond motifs is 4. The maximum Gasteiger partial charge on any atom is 0.417 e. The Labute approximate surface area is 288 Å². The maximum atomic E-state index is 17.2. The fourth-order valence-corrected chi connectivity index (χ4v) is 8.77. The molecule has 7 rings (SSSR count). The van der Waals surface area contributed by atoms with Crippen LogP contribution in [-0.2, 0) is 6.18 Å². The quantitative estimate of drug-likeness (QED) is 0.198. The van der Waals surface area contributed by atoms with Crippen LogP contribution >= 0.6 is 11.3 Å². The number of alkyl halides is 3. The van der Waals surface area contributed by atoms with Gasteiger partial charge < -0.3 is 25.6 Å². The highest BCUT2D eigenvalue weighted by Crippen LogP contribution is 2.49. The minimum atomic E-state index is -5.15. The van der Waals surface area contributed by atoms with Crippen molar-refractivity contribution in [3.05, 3.63) is 52.4 Å². The number of benzene rings is 2. The Morgan fingerprint density at radius 1 is 1.16 bits per heavy atom. The number of nitrogens with two attached hydrogens (primary N) is 1. The number of rotatable bonds is 6. The Hall–Kier alpha value is -4.13. The molecule has 0 aliphatic carbocycles. The Morgan fingerprint density at radius 3 is 2.52 bits per heavy atom. The zero-order chi connectivity index (χ0) is 35.7. The summed E-state index contributed by atoms with van der Waals surface area (Å²) in [5.41, 5.74) is 1.75. The number of piperazine rings is 1. The second kappa shape index (κ2) is 12.6. The summed E-state index contributed by atoms with van der Waals surface area (Å²) >= 11 is 0.903. The number of thiophene rings is 1. The van der Waals surface area contributed by atoms with Crippen LogP contribution in [0.5, 0.6) is 6.01 Å². The van der Waals surface area contributed by atoms with Crippen LogP contribution in [0.3, 0.4) is 0 Å². The van der Waals surface area contributed by atoms with E-state index < -0.39 is 45.4 Å². The Balaban J connectivity index is 1.47. The van der Waals surface area contributed by atoms with Crippen LogP contribution in [-0.4, -0.2) is 66.3 Å². The van der Waals surface area contributed by atoms with Gasteiger partial charge >= 0.3 is 12.2 Å². The topological polar surface area (TPSA) is 103 Å². The number of nitrogens with zero attached hydrogens (tertiary/aromatic N) is 5. The molecule has 15 heteroatoms. The molecule has 0 saturated carbocycles. The van der Waals surface area contributed by atoms with E-state index in [9.17, 15) is 9.65 Å². The van der Waals surface area contributed by atoms with Crippen molar-refractivity contribution in [2.45, 2.75) is 58.3 Å². The average Bonchev–Trinajstić information content (AvgIpc) is 3.59. The van der Waals surface area contributed by atoms with Gasteiger partial charge in [0.1, 0.15) is 34.8 Å². The first kappa shape index (κ1) is 34.3. The van der Waals surface area contributed by atoms with Crippen molar-refractivity contribution in [2.24, 2.45) is 5.41 Å². The molecule has 3 aliphatic rings. The number of nitrogen functional groups attached to an aromatic ring is 1. The van der Waals surface area contributed by atoms with Gasteiger partial charge in [0.25, 0.3) is 0 Å². The second-order valence-electron chi connectivity index (χ2n) is 13.7. The normalized spacial score (nSPS) is 23.7. The van der Waals surface area contributed by atoms with Gasteiger partial charge in [-0.3, -0.25) is 0 Å². The predicted octanol–water partition coefficient (Wildman–Crippen LogP) is 7.48. The molecule has 50 heavy (non-hydrogen) atoms. The summed E-state index contributed by atoms with van der Waals surface area (Å²) in [6.45, 7) is 7.79. The van der Waals surface area contributed by atoms with E-state index in [1.807, 2.05) is 24.8 Å². The number of likely N-dealkylation sites (tertiary alicyclic amines) is 1. The molecule has 0 amide bonds. The van der Waals surface area contributed by atoms with Gasteiger partial charge in [0.15, 0.2) is 5.82 Å². The molecule has 8 nitrogen and oxygen atoms in total. The molecule has 3 fully saturated rings. The molecule has 3 atom stereocenters. The first-order chi connectivity index (χ1) is 23.8. The van der Waals surface area contributed by atoms with Crippen molar-refractivity contribution in [3.63, 3.8) is 0 Å². The van der Waals surface area contributed by atoms with Crippen molar-refractivity contribution in [1.29, 1.82) is 5.26 Å². The third-order valence-corrected chi connectivity index (χ3v) is 11.3. The van der Waals surface area contributed by atoms with E-state index in [0.29, 0.717) is 44.5 Å². The summed E-state index contributed by atoms with van der Waals surface area (Å²) in [5, 5.41) is 12.9. The van der Waals surface area contributed by atoms with Gasteiger partial charge in [-0.1, -0.05) is 13.8 Å². The zero-order valence-electron chi connectivity index (χ0n) is 27.6. The highest BCUT2D eigenvalue weighted by Gasteiger charge is 2.41. The Bertz CT molecular complexity index is 2080. The lowest BCUT2D eigenvalue weighted by atomic mass is 9.78. The van der Waals surface area contributed by atoms with E-state index in [1.165, 1.54) is 13.0 Å². The van der Waals surface area contributed by atoms with Crippen molar-refractivity contribution >= 4 is 43.1 Å². The highest BCUT2D eigenvalue weighted by molar-refractivity contribution is 7.23. The molecule has 3 aliphatic heterocycles. The number of anilines is 2. The molecular weight excluding hydrogens is 680 g/mol. The number of halogens is 6. The fourth-order valence-electron chi connectivity index (χ4n) is 7.74. The van der Waals surface area contributed by atoms with Crippen LogP contribution in [0.2, 0.25) is 0 Å². The van der Waals surface area contributed by atoms with Crippen LogP contribution in [0.25, 0.3) is 32.1 Å². The summed E-state index contributed by atoms with van der Waals surface area (Å²) in [4.78, 5) is 12.9. The number of ether oxygens (including phenoxy) is 1. The van der Waals surface area contributed by atoms with Crippen molar-refractivity contribution in [1.82, 2.24) is 20.2 Å². The standard InChI is InChI=1S/C35H35F6N7OS/c1-4-47-8-7-18(11-36)34(3,15-47)16-49-33-45-30-21(32(46-33)48-13-19-5-6-20(14-48)44-19)10-23(35(39,40)41)26(29(30)38)27-25-22(12-42)31(43)50-24(25)9-17(2)28(27)37/h9-11,19-20,44H,4-8,13-16,43H2,1-3H3/b18-11+/t19-,20+,34-/m0/s1. The molecule has 4 aromatic rings. The molecule has 2 aromatic carbocycles. The highest BCUT2D eigenvalue weighted by atomic mass is 32.1. The molecule has 3 saturated heterocycles. The lowest BCUT2D eigenvalue weighted by Crippen LogP contribution is -2.51. The molecule has 5 heterocycles. The van der Waals surface area contributed by atoms with Gasteiger partial charge in [0.05, 0.1) is 17.5 Å². The number of nitriles is 1. The Kier molecular flexibility index (Phi) is 8.63. The number of nitrogens with one attached hydrogen (secondary N) is 1. The number of hydrogen-bond acceptors (Lipinski definition) is 9. The smallest absolute Gasteiger partial charge is 0.417 e. The number of aryl methyl sites for hydroxylation is 1. The first-order valence-corrected chi connectivity index (χ1v) is 17.3. The van der Waals surface area contributed by atoms with Crippen LogP contribution in [0.1, 0.15) is 49.8 Å². The van der Waals surface area contributed by atoms with Gasteiger partial charge in [0, 0.05) is 70.3 Å². The summed E-state index contributed by atoms with van der Waals surface area (Å²) in [6, 6.07) is 3.79. The minimum absolute atomic E-state index is 0.0308.